The smallest absolute Gasteiger partial charge is 0.323 e. The monoisotopic (exact) mass is 522 g/mol. The van der Waals surface area contributed by atoms with Crippen LogP contribution in [0.15, 0.2) is 66.9 Å². The van der Waals surface area contributed by atoms with Crippen molar-refractivity contribution in [2.75, 3.05) is 23.7 Å². The number of benzene rings is 1. The van der Waals surface area contributed by atoms with Crippen LogP contribution < -0.4 is 15.4 Å². The molecule has 39 heavy (non-hydrogen) atoms. The number of hydrogen-bond acceptors (Lipinski definition) is 6. The fourth-order valence-corrected chi connectivity index (χ4v) is 5.03. The molecule has 2 aliphatic rings. The van der Waals surface area contributed by atoms with Crippen LogP contribution >= 0.6 is 0 Å². The summed E-state index contributed by atoms with van der Waals surface area (Å²) in [6.45, 7) is 1.47. The van der Waals surface area contributed by atoms with E-state index in [0.29, 0.717) is 44.8 Å². The molecule has 1 saturated heterocycles. The highest BCUT2D eigenvalue weighted by molar-refractivity contribution is 6.17. The Morgan fingerprint density at radius 3 is 2.64 bits per heavy atom. The van der Waals surface area contributed by atoms with Crippen molar-refractivity contribution in [2.45, 2.75) is 19.3 Å². The molecule has 2 aliphatic heterocycles. The lowest BCUT2D eigenvalue weighted by atomic mass is 10.0. The van der Waals surface area contributed by atoms with E-state index in [1.54, 1.807) is 54.9 Å². The third kappa shape index (κ3) is 4.72. The molecule has 3 amide bonds. The minimum atomic E-state index is -0.459. The SMILES string of the molecule is Cn1cc(/C=C2\Oc3ccc(NC(=O)Nc4cccnc4)cc3C2=O)c2c(C(=O)N3CCCCC3)ccnc21. The van der Waals surface area contributed by atoms with E-state index in [1.165, 1.54) is 6.20 Å². The van der Waals surface area contributed by atoms with Gasteiger partial charge in [0.15, 0.2) is 5.76 Å². The number of allylic oxidation sites excluding steroid dienone is 1. The summed E-state index contributed by atoms with van der Waals surface area (Å²) in [5.41, 5.74) is 3.21. The number of fused-ring (bicyclic) bond motifs is 2. The number of ketones is 1. The number of carbonyl (C=O) groups excluding carboxylic acids is 3. The van der Waals surface area contributed by atoms with Gasteiger partial charge in [0.25, 0.3) is 5.91 Å². The number of likely N-dealkylation sites (tertiary alicyclic amines) is 1. The van der Waals surface area contributed by atoms with Gasteiger partial charge in [0.05, 0.1) is 23.0 Å². The Labute approximate surface area is 224 Å². The molecule has 0 bridgehead atoms. The molecule has 3 aromatic heterocycles. The Hall–Kier alpha value is -4.99. The van der Waals surface area contributed by atoms with Crippen molar-refractivity contribution in [3.63, 3.8) is 0 Å². The third-order valence-electron chi connectivity index (χ3n) is 6.89. The molecule has 196 valence electrons. The predicted octanol–water partition coefficient (Wildman–Crippen LogP) is 4.85. The summed E-state index contributed by atoms with van der Waals surface area (Å²) in [4.78, 5) is 49.4. The van der Waals surface area contributed by atoms with Crippen molar-refractivity contribution >= 4 is 46.2 Å². The number of pyridine rings is 2. The topological polar surface area (TPSA) is 118 Å². The number of hydrogen-bond donors (Lipinski definition) is 2. The summed E-state index contributed by atoms with van der Waals surface area (Å²) in [5, 5.41) is 6.10. The molecule has 0 unspecified atom stereocenters. The average Bonchev–Trinajstić information content (AvgIpc) is 3.44. The number of rotatable bonds is 4. The van der Waals surface area contributed by atoms with Gasteiger partial charge in [0, 0.05) is 55.4 Å². The van der Waals surface area contributed by atoms with Crippen molar-refractivity contribution in [1.82, 2.24) is 19.4 Å². The van der Waals surface area contributed by atoms with Crippen LogP contribution in [0.1, 0.15) is 45.5 Å². The summed E-state index contributed by atoms with van der Waals surface area (Å²) >= 11 is 0. The number of ether oxygens (including phenoxy) is 1. The maximum absolute atomic E-state index is 13.4. The van der Waals surface area contributed by atoms with E-state index in [9.17, 15) is 14.4 Å². The second-order valence-electron chi connectivity index (χ2n) is 9.58. The first-order chi connectivity index (χ1) is 19.0. The first-order valence-corrected chi connectivity index (χ1v) is 12.8. The van der Waals surface area contributed by atoms with Gasteiger partial charge >= 0.3 is 6.03 Å². The van der Waals surface area contributed by atoms with Crippen LogP contribution in [0.2, 0.25) is 0 Å². The molecule has 0 spiro atoms. The molecule has 0 radical (unpaired) electrons. The maximum atomic E-state index is 13.4. The highest BCUT2D eigenvalue weighted by atomic mass is 16.5. The number of aryl methyl sites for hydroxylation is 1. The lowest BCUT2D eigenvalue weighted by Gasteiger charge is -2.27. The first-order valence-electron chi connectivity index (χ1n) is 12.8. The lowest BCUT2D eigenvalue weighted by molar-refractivity contribution is 0.0726. The fraction of sp³-hybridized carbons (Fsp3) is 0.207. The summed E-state index contributed by atoms with van der Waals surface area (Å²) in [5.74, 6) is 0.184. The maximum Gasteiger partial charge on any atom is 0.323 e. The number of amides is 3. The number of piperidine rings is 1. The zero-order chi connectivity index (χ0) is 26.9. The van der Waals surface area contributed by atoms with Gasteiger partial charge in [-0.1, -0.05) is 0 Å². The van der Waals surface area contributed by atoms with Crippen LogP contribution in [0.5, 0.6) is 5.75 Å². The number of aromatic nitrogens is 3. The van der Waals surface area contributed by atoms with E-state index in [0.717, 1.165) is 32.4 Å². The molecule has 0 saturated carbocycles. The summed E-state index contributed by atoms with van der Waals surface area (Å²) in [7, 11) is 1.85. The average molecular weight is 523 g/mol. The Kier molecular flexibility index (Phi) is 6.28. The minimum absolute atomic E-state index is 0.0322. The molecular weight excluding hydrogens is 496 g/mol. The zero-order valence-corrected chi connectivity index (χ0v) is 21.3. The number of nitrogens with zero attached hydrogens (tertiary/aromatic N) is 4. The molecule has 1 fully saturated rings. The molecule has 4 aromatic rings. The highest BCUT2D eigenvalue weighted by Gasteiger charge is 2.29. The second-order valence-corrected chi connectivity index (χ2v) is 9.58. The van der Waals surface area contributed by atoms with Gasteiger partial charge in [-0.05, 0) is 61.7 Å². The van der Waals surface area contributed by atoms with Crippen molar-refractivity contribution < 1.29 is 19.1 Å². The van der Waals surface area contributed by atoms with Crippen LogP contribution in [0.3, 0.4) is 0 Å². The molecule has 5 heterocycles. The number of urea groups is 1. The molecule has 1 aromatic carbocycles. The van der Waals surface area contributed by atoms with Gasteiger partial charge in [0.1, 0.15) is 11.4 Å². The molecule has 0 atom stereocenters. The Balaban J connectivity index is 1.27. The quantitative estimate of drug-likeness (QED) is 0.370. The van der Waals surface area contributed by atoms with E-state index in [-0.39, 0.29) is 17.4 Å². The van der Waals surface area contributed by atoms with Crippen LogP contribution in [0.4, 0.5) is 16.2 Å². The minimum Gasteiger partial charge on any atom is -0.452 e. The zero-order valence-electron chi connectivity index (χ0n) is 21.3. The van der Waals surface area contributed by atoms with Crippen molar-refractivity contribution in [2.24, 2.45) is 7.05 Å². The van der Waals surface area contributed by atoms with E-state index in [1.807, 2.05) is 22.7 Å². The van der Waals surface area contributed by atoms with E-state index in [4.69, 9.17) is 4.74 Å². The Morgan fingerprint density at radius 2 is 1.85 bits per heavy atom. The second kappa shape index (κ2) is 10.1. The molecule has 10 nitrogen and oxygen atoms in total. The van der Waals surface area contributed by atoms with Gasteiger partial charge in [-0.3, -0.25) is 14.6 Å². The van der Waals surface area contributed by atoms with Crippen molar-refractivity contribution in [3.05, 3.63) is 83.6 Å². The first kappa shape index (κ1) is 24.4. The van der Waals surface area contributed by atoms with Crippen molar-refractivity contribution in [3.8, 4) is 5.75 Å². The van der Waals surface area contributed by atoms with Gasteiger partial charge in [0.2, 0.25) is 5.78 Å². The number of nitrogens with one attached hydrogen (secondary N) is 2. The standard InChI is InChI=1S/C29H26N6O4/c1-34-17-18(25-21(9-11-31-27(25)34)28(37)35-12-3-2-4-13-35)14-24-26(36)22-15-19(7-8-23(22)39-24)32-29(38)33-20-6-5-10-30-16-20/h5-11,14-17H,2-4,12-13H2,1H3,(H2,32,33,38)/b24-14-. The number of Topliss-reactive ketones (excluding diaryl/α,β-unsaturated/α-hetero) is 1. The number of carbonyl (C=O) groups is 3. The van der Waals surface area contributed by atoms with Gasteiger partial charge in [-0.25, -0.2) is 9.78 Å². The number of anilines is 2. The van der Waals surface area contributed by atoms with Gasteiger partial charge in [-0.15, -0.1) is 0 Å². The van der Waals surface area contributed by atoms with Crippen LogP contribution in [-0.2, 0) is 7.05 Å². The summed E-state index contributed by atoms with van der Waals surface area (Å²) < 4.78 is 7.74. The van der Waals surface area contributed by atoms with Crippen molar-refractivity contribution in [1.29, 1.82) is 0 Å². The molecule has 2 N–H and O–H groups in total. The highest BCUT2D eigenvalue weighted by Crippen LogP contribution is 2.35. The molecular formula is C29H26N6O4. The third-order valence-corrected chi connectivity index (χ3v) is 6.89. The van der Waals surface area contributed by atoms with Crippen LogP contribution in [-0.4, -0.2) is 50.2 Å². The normalized spacial score (nSPS) is 15.8. The van der Waals surface area contributed by atoms with Gasteiger partial charge in [-0.2, -0.15) is 0 Å². The largest absolute Gasteiger partial charge is 0.452 e. The summed E-state index contributed by atoms with van der Waals surface area (Å²) in [6, 6.07) is 9.60. The Bertz CT molecular complexity index is 1640. The fourth-order valence-electron chi connectivity index (χ4n) is 5.03. The predicted molar refractivity (Wildman–Crippen MR) is 147 cm³/mol. The summed E-state index contributed by atoms with van der Waals surface area (Å²) in [6.07, 6.45) is 11.4. The lowest BCUT2D eigenvalue weighted by Crippen LogP contribution is -2.35. The van der Waals surface area contributed by atoms with Crippen LogP contribution in [0.25, 0.3) is 17.1 Å². The van der Waals surface area contributed by atoms with Crippen LogP contribution in [0, 0.1) is 0 Å². The Morgan fingerprint density at radius 1 is 1.03 bits per heavy atom. The van der Waals surface area contributed by atoms with E-state index < -0.39 is 6.03 Å². The molecule has 6 rings (SSSR count). The molecule has 10 heteroatoms. The molecule has 0 aliphatic carbocycles. The van der Waals surface area contributed by atoms with E-state index >= 15 is 0 Å². The van der Waals surface area contributed by atoms with Gasteiger partial charge < -0.3 is 24.8 Å². The van der Waals surface area contributed by atoms with E-state index in [2.05, 4.69) is 20.6 Å².